The summed E-state index contributed by atoms with van der Waals surface area (Å²) in [6.07, 6.45) is 0.970. The molecule has 1 nitrogen and oxygen atoms in total. The molecule has 1 aromatic rings. The number of aryl methyl sites for hydroxylation is 1. The molecular formula is C9H13OSi. The molecule has 2 heteroatoms. The quantitative estimate of drug-likeness (QED) is 0.611. The number of hydrogen-bond acceptors (Lipinski definition) is 0. The fourth-order valence-electron chi connectivity index (χ4n) is 1.01. The van der Waals surface area contributed by atoms with Crippen molar-refractivity contribution in [3.63, 3.8) is 0 Å². The molecule has 0 amide bonds. The van der Waals surface area contributed by atoms with Gasteiger partial charge in [-0.1, -0.05) is 30.3 Å². The normalized spacial score (nSPS) is 12.9. The highest BCUT2D eigenvalue weighted by Crippen LogP contribution is 2.03. The highest BCUT2D eigenvalue weighted by molar-refractivity contribution is 6.48. The molecule has 0 spiro atoms. The molecule has 11 heavy (non-hydrogen) atoms. The Morgan fingerprint density at radius 2 is 1.91 bits per heavy atom. The van der Waals surface area contributed by atoms with Crippen LogP contribution in [0, 0.1) is 0 Å². The summed E-state index contributed by atoms with van der Waals surface area (Å²) in [5.74, 6) is 0. The van der Waals surface area contributed by atoms with Gasteiger partial charge in [0.1, 0.15) is 0 Å². The Hall–Kier alpha value is -0.603. The fourth-order valence-corrected chi connectivity index (χ4v) is 1.75. The molecule has 0 N–H and O–H groups in total. The second kappa shape index (κ2) is 4.31. The van der Waals surface area contributed by atoms with Crippen molar-refractivity contribution in [2.75, 3.05) is 0 Å². The Morgan fingerprint density at radius 1 is 1.27 bits per heavy atom. The first kappa shape index (κ1) is 8.49. The van der Waals surface area contributed by atoms with E-state index in [4.69, 9.17) is 0 Å². The molecule has 1 radical (unpaired) electrons. The van der Waals surface area contributed by atoms with Gasteiger partial charge < -0.3 is 4.80 Å². The Labute approximate surface area is 69.4 Å². The summed E-state index contributed by atoms with van der Waals surface area (Å²) in [6, 6.07) is 11.1. The Morgan fingerprint density at radius 3 is 2.45 bits per heavy atom. The van der Waals surface area contributed by atoms with E-state index in [-0.39, 0.29) is 0 Å². The van der Waals surface area contributed by atoms with E-state index in [2.05, 4.69) is 12.1 Å². The van der Waals surface area contributed by atoms with Crippen molar-refractivity contribution in [3.8, 4) is 0 Å². The van der Waals surface area contributed by atoms with Gasteiger partial charge in [0, 0.05) is 0 Å². The fraction of sp³-hybridized carbons (Fsp3) is 0.333. The third-order valence-electron chi connectivity index (χ3n) is 1.68. The molecule has 1 aromatic carbocycles. The topological polar surface area (TPSA) is 19.9 Å². The van der Waals surface area contributed by atoms with E-state index < -0.39 is 9.04 Å². The van der Waals surface area contributed by atoms with Crippen LogP contribution in [0.4, 0.5) is 0 Å². The van der Waals surface area contributed by atoms with Gasteiger partial charge in [-0.25, -0.2) is 0 Å². The molecule has 0 heterocycles. The van der Waals surface area contributed by atoms with Gasteiger partial charge >= 0.3 is 0 Å². The monoisotopic (exact) mass is 165 g/mol. The van der Waals surface area contributed by atoms with Crippen LogP contribution in [0.25, 0.3) is 0 Å². The predicted octanol–water partition coefficient (Wildman–Crippen LogP) is 2.01. The van der Waals surface area contributed by atoms with Crippen molar-refractivity contribution in [2.45, 2.75) is 19.0 Å². The van der Waals surface area contributed by atoms with Crippen LogP contribution >= 0.6 is 0 Å². The molecule has 0 aliphatic carbocycles. The van der Waals surface area contributed by atoms with Crippen molar-refractivity contribution in [3.05, 3.63) is 35.9 Å². The average molecular weight is 165 g/mol. The lowest BCUT2D eigenvalue weighted by Crippen LogP contribution is -2.03. The summed E-state index contributed by atoms with van der Waals surface area (Å²) in [6.45, 7) is 1.85. The van der Waals surface area contributed by atoms with Crippen LogP contribution in [-0.4, -0.2) is 9.04 Å². The minimum absolute atomic E-state index is 0.879. The predicted molar refractivity (Wildman–Crippen MR) is 48.7 cm³/mol. The van der Waals surface area contributed by atoms with Crippen LogP contribution in [0.3, 0.4) is 0 Å². The van der Waals surface area contributed by atoms with E-state index >= 15 is 0 Å². The van der Waals surface area contributed by atoms with E-state index in [1.54, 1.807) is 0 Å². The lowest BCUT2D eigenvalue weighted by atomic mass is 10.2. The van der Waals surface area contributed by atoms with E-state index in [1.807, 2.05) is 24.7 Å². The molecule has 0 bridgehead atoms. The van der Waals surface area contributed by atoms with Gasteiger partial charge in [-0.3, -0.25) is 0 Å². The van der Waals surface area contributed by atoms with Gasteiger partial charge in [-0.05, 0) is 24.6 Å². The van der Waals surface area contributed by atoms with Crippen LogP contribution in [0.15, 0.2) is 30.3 Å². The molecule has 0 saturated carbocycles. The summed E-state index contributed by atoms with van der Waals surface area (Å²) in [5, 5.41) is 0. The molecule has 1 atom stereocenters. The molecule has 1 rings (SSSR count). The Kier molecular flexibility index (Phi) is 3.33. The van der Waals surface area contributed by atoms with Gasteiger partial charge in [-0.2, -0.15) is 0 Å². The molecule has 0 saturated heterocycles. The highest BCUT2D eigenvalue weighted by Gasteiger charge is 2.00. The maximum absolute atomic E-state index is 10.8. The zero-order valence-electron chi connectivity index (χ0n) is 6.79. The lowest BCUT2D eigenvalue weighted by molar-refractivity contribution is 0.451. The third kappa shape index (κ3) is 3.35. The first-order valence-electron chi connectivity index (χ1n) is 3.99. The number of rotatable bonds is 3. The largest absolute Gasteiger partial charge is 0.302 e. The zero-order chi connectivity index (χ0) is 8.10. The summed E-state index contributed by atoms with van der Waals surface area (Å²) < 4.78 is 0. The third-order valence-corrected chi connectivity index (χ3v) is 2.78. The summed E-state index contributed by atoms with van der Waals surface area (Å²) >= 11 is 0. The van der Waals surface area contributed by atoms with Crippen molar-refractivity contribution in [1.82, 2.24) is 0 Å². The summed E-state index contributed by atoms with van der Waals surface area (Å²) in [4.78, 5) is 10.8. The van der Waals surface area contributed by atoms with Crippen LogP contribution in [0.5, 0.6) is 0 Å². The van der Waals surface area contributed by atoms with Crippen molar-refractivity contribution in [2.24, 2.45) is 0 Å². The number of benzene rings is 1. The lowest BCUT2D eigenvalue weighted by Gasteiger charge is -1.99. The van der Waals surface area contributed by atoms with E-state index in [0.717, 1.165) is 12.5 Å². The minimum Gasteiger partial charge on any atom is -0.302 e. The van der Waals surface area contributed by atoms with E-state index in [1.165, 1.54) is 5.56 Å². The first-order chi connectivity index (χ1) is 5.29. The van der Waals surface area contributed by atoms with Crippen molar-refractivity contribution < 1.29 is 4.80 Å². The van der Waals surface area contributed by atoms with Crippen LogP contribution in [0.1, 0.15) is 5.56 Å². The molecule has 0 aromatic heterocycles. The molecule has 0 fully saturated rings. The maximum atomic E-state index is 10.8. The smallest absolute Gasteiger partial charge is 0.219 e. The van der Waals surface area contributed by atoms with Crippen LogP contribution in [-0.2, 0) is 11.2 Å². The van der Waals surface area contributed by atoms with Gasteiger partial charge in [0.15, 0.2) is 0 Å². The number of hydrogen-bond donors (Lipinski definition) is 0. The second-order valence-electron chi connectivity index (χ2n) is 2.83. The average Bonchev–Trinajstić information content (AvgIpc) is 2.03. The standard InChI is InChI=1S/C9H13OSi/c1-11(10)8-7-9-5-3-2-4-6-9/h2-6,11H,7-8H2,1H3. The molecule has 59 valence electrons. The second-order valence-corrected chi connectivity index (χ2v) is 5.03. The van der Waals surface area contributed by atoms with Gasteiger partial charge in [0.25, 0.3) is 0 Å². The minimum atomic E-state index is -1.59. The molecule has 0 aliphatic rings. The maximum Gasteiger partial charge on any atom is 0.219 e. The molecule has 1 unspecified atom stereocenters. The van der Waals surface area contributed by atoms with Crippen LogP contribution in [0.2, 0.25) is 12.6 Å². The Balaban J connectivity index is 2.39. The first-order valence-corrected chi connectivity index (χ1v) is 6.43. The summed E-state index contributed by atoms with van der Waals surface area (Å²) in [7, 11) is -1.59. The van der Waals surface area contributed by atoms with Gasteiger partial charge in [0.05, 0.1) is 0 Å². The van der Waals surface area contributed by atoms with Crippen molar-refractivity contribution in [1.29, 1.82) is 0 Å². The van der Waals surface area contributed by atoms with Crippen molar-refractivity contribution >= 4 is 9.04 Å². The van der Waals surface area contributed by atoms with E-state index in [0.29, 0.717) is 0 Å². The summed E-state index contributed by atoms with van der Waals surface area (Å²) in [5.41, 5.74) is 1.29. The van der Waals surface area contributed by atoms with Crippen LogP contribution < -0.4 is 0 Å². The van der Waals surface area contributed by atoms with Gasteiger partial charge in [-0.15, -0.1) is 0 Å². The Bertz CT molecular complexity index is 196. The zero-order valence-corrected chi connectivity index (χ0v) is 7.94. The van der Waals surface area contributed by atoms with Gasteiger partial charge in [0.2, 0.25) is 9.04 Å². The SMILES string of the molecule is C[SiH]([O])CCc1ccccc1. The molecular weight excluding hydrogens is 152 g/mol. The van der Waals surface area contributed by atoms with E-state index in [9.17, 15) is 4.80 Å². The molecule has 0 aliphatic heterocycles. The highest BCUT2D eigenvalue weighted by atomic mass is 28.3.